The summed E-state index contributed by atoms with van der Waals surface area (Å²) in [6, 6.07) is 0. The Balaban J connectivity index is 3.91. The molecule has 0 saturated heterocycles. The van der Waals surface area contributed by atoms with E-state index in [2.05, 4.69) is 20.8 Å². The normalized spacial score (nSPS) is 14.4. The number of carbonyl (C=O) groups is 1. The maximum atomic E-state index is 11.7. The predicted octanol–water partition coefficient (Wildman–Crippen LogP) is 5.77. The molecule has 0 N–H and O–H groups in total. The maximum Gasteiger partial charge on any atom is 0.132 e. The Hall–Kier alpha value is -0.330. The lowest BCUT2D eigenvalue weighted by atomic mass is 9.87. The Kier molecular flexibility index (Phi) is 11.5. The standard InChI is InChI=1S/C17H34O/c1-5-8-9-10-12-17(15(4)18)14-13-16(7-3)11-6-2/h16-17H,5-14H2,1-4H3. The van der Waals surface area contributed by atoms with E-state index in [0.717, 1.165) is 18.8 Å². The number of hydrogen-bond acceptors (Lipinski definition) is 1. The lowest BCUT2D eigenvalue weighted by molar-refractivity contribution is -0.121. The molecule has 0 spiro atoms. The van der Waals surface area contributed by atoms with Crippen LogP contribution < -0.4 is 0 Å². The molecule has 0 aromatic rings. The van der Waals surface area contributed by atoms with Gasteiger partial charge in [-0.05, 0) is 32.1 Å². The van der Waals surface area contributed by atoms with Crippen molar-refractivity contribution < 1.29 is 4.79 Å². The fourth-order valence-electron chi connectivity index (χ4n) is 2.77. The Morgan fingerprint density at radius 3 is 2.06 bits per heavy atom. The second-order valence-corrected chi connectivity index (χ2v) is 5.80. The van der Waals surface area contributed by atoms with E-state index < -0.39 is 0 Å². The van der Waals surface area contributed by atoms with Crippen molar-refractivity contribution >= 4 is 5.78 Å². The molecule has 0 rings (SSSR count). The van der Waals surface area contributed by atoms with Crippen molar-refractivity contribution in [2.75, 3.05) is 0 Å². The molecule has 18 heavy (non-hydrogen) atoms. The van der Waals surface area contributed by atoms with Crippen molar-refractivity contribution in [3.8, 4) is 0 Å². The second kappa shape index (κ2) is 11.7. The van der Waals surface area contributed by atoms with Gasteiger partial charge in [0.05, 0.1) is 0 Å². The summed E-state index contributed by atoms with van der Waals surface area (Å²) in [6.07, 6.45) is 12.5. The molecule has 0 fully saturated rings. The molecule has 108 valence electrons. The molecule has 0 aliphatic rings. The molecular weight excluding hydrogens is 220 g/mol. The molecular formula is C17H34O. The zero-order valence-electron chi connectivity index (χ0n) is 13.1. The summed E-state index contributed by atoms with van der Waals surface area (Å²) < 4.78 is 0. The van der Waals surface area contributed by atoms with Crippen LogP contribution in [-0.4, -0.2) is 5.78 Å². The molecule has 2 unspecified atom stereocenters. The fourth-order valence-corrected chi connectivity index (χ4v) is 2.77. The van der Waals surface area contributed by atoms with Crippen molar-refractivity contribution in [1.82, 2.24) is 0 Å². The number of unbranched alkanes of at least 4 members (excludes halogenated alkanes) is 3. The quantitative estimate of drug-likeness (QED) is 0.404. The van der Waals surface area contributed by atoms with Gasteiger partial charge in [-0.2, -0.15) is 0 Å². The van der Waals surface area contributed by atoms with Crippen LogP contribution in [-0.2, 0) is 4.79 Å². The Morgan fingerprint density at radius 1 is 0.833 bits per heavy atom. The Morgan fingerprint density at radius 2 is 1.56 bits per heavy atom. The lowest BCUT2D eigenvalue weighted by Gasteiger charge is -2.18. The lowest BCUT2D eigenvalue weighted by Crippen LogP contribution is -2.13. The predicted molar refractivity (Wildman–Crippen MR) is 80.9 cm³/mol. The van der Waals surface area contributed by atoms with Crippen molar-refractivity contribution in [3.05, 3.63) is 0 Å². The van der Waals surface area contributed by atoms with Gasteiger partial charge in [-0.1, -0.05) is 65.7 Å². The van der Waals surface area contributed by atoms with E-state index >= 15 is 0 Å². The first-order chi connectivity index (χ1) is 8.65. The van der Waals surface area contributed by atoms with Crippen LogP contribution in [0.5, 0.6) is 0 Å². The minimum atomic E-state index is 0.341. The van der Waals surface area contributed by atoms with Crippen LogP contribution >= 0.6 is 0 Å². The van der Waals surface area contributed by atoms with Gasteiger partial charge in [0.15, 0.2) is 0 Å². The van der Waals surface area contributed by atoms with Crippen molar-refractivity contribution in [1.29, 1.82) is 0 Å². The second-order valence-electron chi connectivity index (χ2n) is 5.80. The van der Waals surface area contributed by atoms with Gasteiger partial charge in [-0.15, -0.1) is 0 Å². The highest BCUT2D eigenvalue weighted by molar-refractivity contribution is 5.78. The highest BCUT2D eigenvalue weighted by atomic mass is 16.1. The monoisotopic (exact) mass is 254 g/mol. The summed E-state index contributed by atoms with van der Waals surface area (Å²) in [7, 11) is 0. The average Bonchev–Trinajstić information content (AvgIpc) is 2.35. The van der Waals surface area contributed by atoms with Gasteiger partial charge in [0.25, 0.3) is 0 Å². The number of carbonyl (C=O) groups excluding carboxylic acids is 1. The maximum absolute atomic E-state index is 11.7. The van der Waals surface area contributed by atoms with Gasteiger partial charge >= 0.3 is 0 Å². The molecule has 0 aliphatic heterocycles. The summed E-state index contributed by atoms with van der Waals surface area (Å²) in [6.45, 7) is 8.56. The highest BCUT2D eigenvalue weighted by Crippen LogP contribution is 2.24. The first-order valence-corrected chi connectivity index (χ1v) is 8.16. The van der Waals surface area contributed by atoms with E-state index in [0.29, 0.717) is 11.7 Å². The summed E-state index contributed by atoms with van der Waals surface area (Å²) in [5, 5.41) is 0. The van der Waals surface area contributed by atoms with Crippen LogP contribution in [0.2, 0.25) is 0 Å². The van der Waals surface area contributed by atoms with E-state index in [1.807, 2.05) is 0 Å². The minimum Gasteiger partial charge on any atom is -0.300 e. The van der Waals surface area contributed by atoms with Gasteiger partial charge in [-0.25, -0.2) is 0 Å². The third kappa shape index (κ3) is 8.72. The first-order valence-electron chi connectivity index (χ1n) is 8.16. The SMILES string of the molecule is CCCCCCC(CCC(CC)CCC)C(C)=O. The van der Waals surface area contributed by atoms with Crippen LogP contribution in [0.25, 0.3) is 0 Å². The van der Waals surface area contributed by atoms with Gasteiger partial charge in [-0.3, -0.25) is 4.79 Å². The fraction of sp³-hybridized carbons (Fsp3) is 0.941. The van der Waals surface area contributed by atoms with E-state index in [9.17, 15) is 4.79 Å². The molecule has 1 heteroatoms. The molecule has 0 aromatic heterocycles. The van der Waals surface area contributed by atoms with Gasteiger partial charge < -0.3 is 0 Å². The van der Waals surface area contributed by atoms with Crippen molar-refractivity contribution in [2.24, 2.45) is 11.8 Å². The molecule has 0 amide bonds. The van der Waals surface area contributed by atoms with E-state index in [4.69, 9.17) is 0 Å². The van der Waals surface area contributed by atoms with Crippen molar-refractivity contribution in [2.45, 2.75) is 91.9 Å². The van der Waals surface area contributed by atoms with Crippen LogP contribution in [0.4, 0.5) is 0 Å². The molecule has 0 bridgehead atoms. The summed E-state index contributed by atoms with van der Waals surface area (Å²) in [5.74, 6) is 1.60. The molecule has 1 nitrogen and oxygen atoms in total. The van der Waals surface area contributed by atoms with E-state index in [1.54, 1.807) is 6.92 Å². The number of rotatable bonds is 12. The minimum absolute atomic E-state index is 0.341. The number of hydrogen-bond donors (Lipinski definition) is 0. The van der Waals surface area contributed by atoms with E-state index in [-0.39, 0.29) is 0 Å². The van der Waals surface area contributed by atoms with Crippen LogP contribution in [0.1, 0.15) is 91.9 Å². The molecule has 2 atom stereocenters. The topological polar surface area (TPSA) is 17.1 Å². The molecule has 0 aromatic carbocycles. The zero-order valence-corrected chi connectivity index (χ0v) is 13.1. The zero-order chi connectivity index (χ0) is 13.8. The highest BCUT2D eigenvalue weighted by Gasteiger charge is 2.16. The summed E-state index contributed by atoms with van der Waals surface area (Å²) in [4.78, 5) is 11.7. The molecule has 0 saturated carbocycles. The van der Waals surface area contributed by atoms with Gasteiger partial charge in [0, 0.05) is 5.92 Å². The van der Waals surface area contributed by atoms with Crippen LogP contribution in [0.15, 0.2) is 0 Å². The van der Waals surface area contributed by atoms with Crippen LogP contribution in [0, 0.1) is 11.8 Å². The number of ketones is 1. The molecule has 0 aliphatic carbocycles. The Labute approximate surface area is 115 Å². The smallest absolute Gasteiger partial charge is 0.132 e. The van der Waals surface area contributed by atoms with Crippen molar-refractivity contribution in [3.63, 3.8) is 0 Å². The van der Waals surface area contributed by atoms with Crippen LogP contribution in [0.3, 0.4) is 0 Å². The first kappa shape index (κ1) is 17.7. The largest absolute Gasteiger partial charge is 0.300 e. The Bertz CT molecular complexity index is 198. The number of Topliss-reactive ketones (excluding diaryl/α,β-unsaturated/α-hetero) is 1. The summed E-state index contributed by atoms with van der Waals surface area (Å²) >= 11 is 0. The van der Waals surface area contributed by atoms with E-state index in [1.165, 1.54) is 51.4 Å². The van der Waals surface area contributed by atoms with Gasteiger partial charge in [0.2, 0.25) is 0 Å². The molecule has 0 heterocycles. The molecule has 0 radical (unpaired) electrons. The third-order valence-corrected chi connectivity index (χ3v) is 4.18. The van der Waals surface area contributed by atoms with Gasteiger partial charge in [0.1, 0.15) is 5.78 Å². The summed E-state index contributed by atoms with van der Waals surface area (Å²) in [5.41, 5.74) is 0. The average molecular weight is 254 g/mol. The third-order valence-electron chi connectivity index (χ3n) is 4.18.